The fraction of sp³-hybridized carbons (Fsp3) is 0.458. The van der Waals surface area contributed by atoms with Crippen LogP contribution in [0.25, 0.3) is 0 Å². The van der Waals surface area contributed by atoms with Crippen molar-refractivity contribution in [1.29, 1.82) is 0 Å². The van der Waals surface area contributed by atoms with Crippen LogP contribution in [0.15, 0.2) is 53.4 Å². The number of morpholine rings is 1. The lowest BCUT2D eigenvalue weighted by Crippen LogP contribution is -2.48. The molecule has 178 valence electrons. The maximum atomic E-state index is 13.1. The maximum absolute atomic E-state index is 13.1. The summed E-state index contributed by atoms with van der Waals surface area (Å²) in [4.78, 5) is 17.7. The van der Waals surface area contributed by atoms with E-state index >= 15 is 0 Å². The largest absolute Gasteiger partial charge is 0.373 e. The molecule has 2 aliphatic rings. The van der Waals surface area contributed by atoms with E-state index in [1.54, 1.807) is 12.1 Å². The van der Waals surface area contributed by atoms with Gasteiger partial charge in [0.15, 0.2) is 0 Å². The Kier molecular flexibility index (Phi) is 7.04. The highest BCUT2D eigenvalue weighted by Gasteiger charge is 2.32. The van der Waals surface area contributed by atoms with Crippen molar-refractivity contribution >= 4 is 27.3 Å². The molecule has 0 unspecified atom stereocenters. The molecule has 2 saturated heterocycles. The molecule has 1 N–H and O–H groups in total. The summed E-state index contributed by atoms with van der Waals surface area (Å²) in [6.45, 7) is 8.11. The van der Waals surface area contributed by atoms with Crippen molar-refractivity contribution in [2.24, 2.45) is 0 Å². The van der Waals surface area contributed by atoms with Crippen molar-refractivity contribution in [3.8, 4) is 0 Å². The molecule has 9 heteroatoms. The van der Waals surface area contributed by atoms with E-state index in [1.807, 2.05) is 38.1 Å². The minimum absolute atomic E-state index is 0.158. The molecule has 2 heterocycles. The quantitative estimate of drug-likeness (QED) is 0.720. The van der Waals surface area contributed by atoms with Crippen molar-refractivity contribution in [2.45, 2.75) is 31.0 Å². The number of nitrogens with zero attached hydrogens (tertiary/aromatic N) is 3. The van der Waals surface area contributed by atoms with Crippen molar-refractivity contribution in [1.82, 2.24) is 9.21 Å². The predicted octanol–water partition coefficient (Wildman–Crippen LogP) is 2.49. The summed E-state index contributed by atoms with van der Waals surface area (Å²) in [5.74, 6) is -0.269. The van der Waals surface area contributed by atoms with Crippen molar-refractivity contribution in [3.63, 3.8) is 0 Å². The van der Waals surface area contributed by atoms with Gasteiger partial charge in [0.2, 0.25) is 10.0 Å². The Balaban J connectivity index is 1.47. The number of hydrogen-bond donors (Lipinski definition) is 1. The molecule has 2 fully saturated rings. The Morgan fingerprint density at radius 2 is 1.55 bits per heavy atom. The number of amides is 1. The Hall–Kier alpha value is -2.46. The van der Waals surface area contributed by atoms with Crippen LogP contribution in [0.5, 0.6) is 0 Å². The van der Waals surface area contributed by atoms with E-state index in [-0.39, 0.29) is 23.0 Å². The molecule has 2 aromatic carbocycles. The summed E-state index contributed by atoms with van der Waals surface area (Å²) >= 11 is 0. The molecular formula is C24H32N4O4S. The Morgan fingerprint density at radius 1 is 0.939 bits per heavy atom. The van der Waals surface area contributed by atoms with Gasteiger partial charge in [-0.1, -0.05) is 12.1 Å². The first-order valence-corrected chi connectivity index (χ1v) is 12.8. The van der Waals surface area contributed by atoms with Gasteiger partial charge in [0, 0.05) is 44.8 Å². The summed E-state index contributed by atoms with van der Waals surface area (Å²) in [6, 6.07) is 13.9. The number of hydrogen-bond acceptors (Lipinski definition) is 6. The van der Waals surface area contributed by atoms with E-state index in [9.17, 15) is 13.2 Å². The number of rotatable bonds is 5. The summed E-state index contributed by atoms with van der Waals surface area (Å²) in [5, 5.41) is 3.00. The van der Waals surface area contributed by atoms with Crippen LogP contribution in [0.1, 0.15) is 24.2 Å². The SMILES string of the molecule is C[C@@H]1CN(S(=O)(=O)c2ccc(C(=O)Nc3ccccc3N3CCN(C)CC3)cc2)C[C@H](C)O1. The minimum atomic E-state index is -3.64. The normalized spacial score (nSPS) is 22.8. The molecule has 0 spiro atoms. The van der Waals surface area contributed by atoms with Crippen LogP contribution < -0.4 is 10.2 Å². The van der Waals surface area contributed by atoms with Gasteiger partial charge in [0.1, 0.15) is 0 Å². The molecular weight excluding hydrogens is 440 g/mol. The fourth-order valence-corrected chi connectivity index (χ4v) is 5.94. The first-order chi connectivity index (χ1) is 15.7. The topological polar surface area (TPSA) is 82.2 Å². The second-order valence-electron chi connectivity index (χ2n) is 8.87. The van der Waals surface area contributed by atoms with E-state index in [2.05, 4.69) is 22.2 Å². The number of nitrogens with one attached hydrogen (secondary N) is 1. The predicted molar refractivity (Wildman–Crippen MR) is 129 cm³/mol. The van der Waals surface area contributed by atoms with Gasteiger partial charge in [-0.15, -0.1) is 0 Å². The molecule has 2 aromatic rings. The molecule has 0 bridgehead atoms. The number of benzene rings is 2. The number of sulfonamides is 1. The number of likely N-dealkylation sites (N-methyl/N-ethyl adjacent to an activating group) is 1. The Morgan fingerprint density at radius 3 is 2.18 bits per heavy atom. The lowest BCUT2D eigenvalue weighted by molar-refractivity contribution is -0.0440. The first kappa shape index (κ1) is 23.7. The van der Waals surface area contributed by atoms with Gasteiger partial charge in [-0.3, -0.25) is 4.79 Å². The average molecular weight is 473 g/mol. The zero-order chi connectivity index (χ0) is 23.6. The van der Waals surface area contributed by atoms with Gasteiger partial charge >= 0.3 is 0 Å². The standard InChI is InChI=1S/C24H32N4O4S/c1-18-16-28(17-19(2)32-18)33(30,31)21-10-8-20(9-11-21)24(29)25-22-6-4-5-7-23(22)27-14-12-26(3)13-15-27/h4-11,18-19H,12-17H2,1-3H3,(H,25,29)/t18-,19+. The van der Waals surface area contributed by atoms with Gasteiger partial charge < -0.3 is 19.9 Å². The van der Waals surface area contributed by atoms with Crippen LogP contribution in [0.2, 0.25) is 0 Å². The van der Waals surface area contributed by atoms with Crippen LogP contribution in [0, 0.1) is 0 Å². The third-order valence-corrected chi connectivity index (χ3v) is 7.98. The van der Waals surface area contributed by atoms with Gasteiger partial charge in [-0.2, -0.15) is 4.31 Å². The highest BCUT2D eigenvalue weighted by atomic mass is 32.2. The summed E-state index contributed by atoms with van der Waals surface area (Å²) < 4.78 is 33.2. The molecule has 0 saturated carbocycles. The summed E-state index contributed by atoms with van der Waals surface area (Å²) in [6.07, 6.45) is -0.317. The number of carbonyl (C=O) groups excluding carboxylic acids is 1. The molecule has 33 heavy (non-hydrogen) atoms. The third-order valence-electron chi connectivity index (χ3n) is 6.14. The second kappa shape index (κ2) is 9.80. The number of ether oxygens (including phenoxy) is 1. The molecule has 8 nitrogen and oxygen atoms in total. The lowest BCUT2D eigenvalue weighted by Gasteiger charge is -2.35. The number of anilines is 2. The lowest BCUT2D eigenvalue weighted by atomic mass is 10.2. The van der Waals surface area contributed by atoms with Crippen molar-refractivity contribution in [2.75, 3.05) is 56.5 Å². The molecule has 0 aromatic heterocycles. The third kappa shape index (κ3) is 5.38. The van der Waals surface area contributed by atoms with E-state index in [0.29, 0.717) is 18.7 Å². The first-order valence-electron chi connectivity index (χ1n) is 11.3. The van der Waals surface area contributed by atoms with Crippen LogP contribution in [-0.4, -0.2) is 82.1 Å². The summed E-state index contributed by atoms with van der Waals surface area (Å²) in [7, 11) is -1.54. The Labute approximate surface area is 196 Å². The zero-order valence-corrected chi connectivity index (χ0v) is 20.2. The zero-order valence-electron chi connectivity index (χ0n) is 19.4. The highest BCUT2D eigenvalue weighted by molar-refractivity contribution is 7.89. The molecule has 0 radical (unpaired) electrons. The molecule has 0 aliphatic carbocycles. The van der Waals surface area contributed by atoms with Gasteiger partial charge in [0.05, 0.1) is 28.5 Å². The smallest absolute Gasteiger partial charge is 0.255 e. The number of carbonyl (C=O) groups is 1. The van der Waals surface area contributed by atoms with E-state index in [1.165, 1.54) is 16.4 Å². The van der Waals surface area contributed by atoms with E-state index in [4.69, 9.17) is 4.74 Å². The summed E-state index contributed by atoms with van der Waals surface area (Å²) in [5.41, 5.74) is 2.15. The fourth-order valence-electron chi connectivity index (χ4n) is 4.35. The van der Waals surface area contributed by atoms with Crippen LogP contribution >= 0.6 is 0 Å². The van der Waals surface area contributed by atoms with Crippen LogP contribution in [0.3, 0.4) is 0 Å². The van der Waals surface area contributed by atoms with Crippen molar-refractivity contribution in [3.05, 3.63) is 54.1 Å². The van der Waals surface area contributed by atoms with Gasteiger partial charge in [-0.05, 0) is 57.3 Å². The van der Waals surface area contributed by atoms with Crippen LogP contribution in [0.4, 0.5) is 11.4 Å². The Bertz CT molecular complexity index is 1070. The highest BCUT2D eigenvalue weighted by Crippen LogP contribution is 2.27. The monoisotopic (exact) mass is 472 g/mol. The number of piperazine rings is 1. The number of para-hydroxylation sites is 2. The van der Waals surface area contributed by atoms with Gasteiger partial charge in [-0.25, -0.2) is 8.42 Å². The van der Waals surface area contributed by atoms with E-state index < -0.39 is 10.0 Å². The molecule has 1 amide bonds. The van der Waals surface area contributed by atoms with Gasteiger partial charge in [0.25, 0.3) is 5.91 Å². The second-order valence-corrected chi connectivity index (χ2v) is 10.8. The molecule has 4 rings (SSSR count). The minimum Gasteiger partial charge on any atom is -0.373 e. The van der Waals surface area contributed by atoms with Crippen LogP contribution in [-0.2, 0) is 14.8 Å². The van der Waals surface area contributed by atoms with E-state index in [0.717, 1.165) is 37.6 Å². The average Bonchev–Trinajstić information content (AvgIpc) is 2.79. The van der Waals surface area contributed by atoms with Crippen molar-refractivity contribution < 1.29 is 17.9 Å². The maximum Gasteiger partial charge on any atom is 0.255 e. The molecule has 2 aliphatic heterocycles. The molecule has 2 atom stereocenters.